The standard InChI is InChI=1S/C11H22N2/c1-3-8-7(2)13-10-6-4-5-9(10)11(8)12/h7-11,13H,3-6,12H2,1-2H3. The largest absolute Gasteiger partial charge is 0.327 e. The van der Waals surface area contributed by atoms with E-state index in [1.165, 1.54) is 25.7 Å². The number of nitrogens with two attached hydrogens (primary N) is 1. The molecule has 2 nitrogen and oxygen atoms in total. The molecule has 0 aromatic rings. The van der Waals surface area contributed by atoms with Crippen LogP contribution in [0.5, 0.6) is 0 Å². The molecule has 3 N–H and O–H groups in total. The minimum absolute atomic E-state index is 0.453. The Bertz CT molecular complexity index is 179. The summed E-state index contributed by atoms with van der Waals surface area (Å²) in [4.78, 5) is 0. The molecule has 5 unspecified atom stereocenters. The smallest absolute Gasteiger partial charge is 0.0125 e. The summed E-state index contributed by atoms with van der Waals surface area (Å²) < 4.78 is 0. The summed E-state index contributed by atoms with van der Waals surface area (Å²) in [6.07, 6.45) is 5.29. The van der Waals surface area contributed by atoms with Crippen molar-refractivity contribution in [3.63, 3.8) is 0 Å². The Kier molecular flexibility index (Phi) is 2.61. The zero-order valence-corrected chi connectivity index (χ0v) is 8.79. The molecule has 2 fully saturated rings. The van der Waals surface area contributed by atoms with Gasteiger partial charge in [-0.15, -0.1) is 0 Å². The van der Waals surface area contributed by atoms with Gasteiger partial charge in [-0.25, -0.2) is 0 Å². The molecule has 0 radical (unpaired) electrons. The second-order valence-electron chi connectivity index (χ2n) is 4.81. The molecule has 1 saturated heterocycles. The zero-order valence-electron chi connectivity index (χ0n) is 8.79. The van der Waals surface area contributed by atoms with Crippen LogP contribution in [-0.4, -0.2) is 18.1 Å². The molecule has 2 aliphatic rings. The van der Waals surface area contributed by atoms with Crippen LogP contribution in [0.4, 0.5) is 0 Å². The van der Waals surface area contributed by atoms with Crippen LogP contribution in [0.15, 0.2) is 0 Å². The van der Waals surface area contributed by atoms with E-state index < -0.39 is 0 Å². The van der Waals surface area contributed by atoms with Crippen molar-refractivity contribution in [2.45, 2.75) is 57.7 Å². The van der Waals surface area contributed by atoms with Crippen LogP contribution in [0, 0.1) is 11.8 Å². The van der Waals surface area contributed by atoms with E-state index in [9.17, 15) is 0 Å². The number of rotatable bonds is 1. The van der Waals surface area contributed by atoms with Crippen molar-refractivity contribution in [3.8, 4) is 0 Å². The summed E-state index contributed by atoms with van der Waals surface area (Å²) in [6, 6.07) is 1.81. The van der Waals surface area contributed by atoms with Crippen LogP contribution in [0.1, 0.15) is 39.5 Å². The van der Waals surface area contributed by atoms with Gasteiger partial charge in [-0.1, -0.05) is 19.8 Å². The highest BCUT2D eigenvalue weighted by Gasteiger charge is 2.41. The molecule has 0 aromatic carbocycles. The highest BCUT2D eigenvalue weighted by molar-refractivity contribution is 5.00. The minimum atomic E-state index is 0.453. The molecule has 0 amide bonds. The van der Waals surface area contributed by atoms with Gasteiger partial charge in [0.25, 0.3) is 0 Å². The van der Waals surface area contributed by atoms with Gasteiger partial charge in [0.1, 0.15) is 0 Å². The van der Waals surface area contributed by atoms with E-state index in [1.807, 2.05) is 0 Å². The lowest BCUT2D eigenvalue weighted by molar-refractivity contribution is 0.152. The lowest BCUT2D eigenvalue weighted by Crippen LogP contribution is -2.59. The Morgan fingerprint density at radius 1 is 1.38 bits per heavy atom. The molecular weight excluding hydrogens is 160 g/mol. The summed E-state index contributed by atoms with van der Waals surface area (Å²) in [5.41, 5.74) is 6.33. The molecule has 1 saturated carbocycles. The van der Waals surface area contributed by atoms with Crippen LogP contribution in [-0.2, 0) is 0 Å². The summed E-state index contributed by atoms with van der Waals surface area (Å²) in [6.45, 7) is 4.56. The fraction of sp³-hybridized carbons (Fsp3) is 1.00. The van der Waals surface area contributed by atoms with Gasteiger partial charge in [0.2, 0.25) is 0 Å². The van der Waals surface area contributed by atoms with Gasteiger partial charge in [-0.3, -0.25) is 0 Å². The molecule has 2 rings (SSSR count). The van der Waals surface area contributed by atoms with Gasteiger partial charge < -0.3 is 11.1 Å². The third kappa shape index (κ3) is 1.50. The summed E-state index contributed by atoms with van der Waals surface area (Å²) in [5, 5.41) is 3.73. The van der Waals surface area contributed by atoms with E-state index in [4.69, 9.17) is 5.73 Å². The average Bonchev–Trinajstić information content (AvgIpc) is 2.53. The van der Waals surface area contributed by atoms with Crippen LogP contribution in [0.2, 0.25) is 0 Å². The Labute approximate surface area is 81.3 Å². The number of nitrogens with one attached hydrogen (secondary N) is 1. The number of piperidine rings is 1. The van der Waals surface area contributed by atoms with Crippen LogP contribution < -0.4 is 11.1 Å². The van der Waals surface area contributed by atoms with Crippen molar-refractivity contribution >= 4 is 0 Å². The van der Waals surface area contributed by atoms with E-state index in [0.717, 1.165) is 12.0 Å². The fourth-order valence-electron chi connectivity index (χ4n) is 3.39. The predicted octanol–water partition coefficient (Wildman–Crippen LogP) is 1.50. The first-order chi connectivity index (χ1) is 6.24. The molecule has 1 heterocycles. The van der Waals surface area contributed by atoms with E-state index in [1.54, 1.807) is 0 Å². The molecule has 2 heteroatoms. The summed E-state index contributed by atoms with van der Waals surface area (Å²) >= 11 is 0. The second kappa shape index (κ2) is 3.58. The molecule has 1 aliphatic carbocycles. The van der Waals surface area contributed by atoms with Crippen LogP contribution in [0.25, 0.3) is 0 Å². The average molecular weight is 182 g/mol. The van der Waals surface area contributed by atoms with Gasteiger partial charge in [-0.2, -0.15) is 0 Å². The van der Waals surface area contributed by atoms with Gasteiger partial charge in [-0.05, 0) is 31.6 Å². The van der Waals surface area contributed by atoms with E-state index in [2.05, 4.69) is 19.2 Å². The molecule has 76 valence electrons. The number of hydrogen-bond acceptors (Lipinski definition) is 2. The molecule has 0 aromatic heterocycles. The maximum absolute atomic E-state index is 6.33. The highest BCUT2D eigenvalue weighted by atomic mass is 15.0. The Morgan fingerprint density at radius 3 is 2.85 bits per heavy atom. The van der Waals surface area contributed by atoms with E-state index in [0.29, 0.717) is 18.0 Å². The van der Waals surface area contributed by atoms with Crippen molar-refractivity contribution in [2.24, 2.45) is 17.6 Å². The van der Waals surface area contributed by atoms with Gasteiger partial charge in [0, 0.05) is 18.1 Å². The lowest BCUT2D eigenvalue weighted by atomic mass is 9.76. The SMILES string of the molecule is CCC1C(C)NC2CCCC2C1N. The molecule has 0 spiro atoms. The van der Waals surface area contributed by atoms with Crippen molar-refractivity contribution in [1.82, 2.24) is 5.32 Å². The predicted molar refractivity (Wildman–Crippen MR) is 55.5 cm³/mol. The first-order valence-electron chi connectivity index (χ1n) is 5.75. The van der Waals surface area contributed by atoms with Crippen molar-refractivity contribution in [1.29, 1.82) is 0 Å². The highest BCUT2D eigenvalue weighted by Crippen LogP contribution is 2.36. The maximum Gasteiger partial charge on any atom is 0.0125 e. The van der Waals surface area contributed by atoms with Crippen LogP contribution in [0.3, 0.4) is 0 Å². The fourth-order valence-corrected chi connectivity index (χ4v) is 3.39. The Morgan fingerprint density at radius 2 is 2.15 bits per heavy atom. The third-order valence-corrected chi connectivity index (χ3v) is 4.15. The van der Waals surface area contributed by atoms with Gasteiger partial charge in [0.15, 0.2) is 0 Å². The Balaban J connectivity index is 2.09. The Hall–Kier alpha value is -0.0800. The molecule has 13 heavy (non-hydrogen) atoms. The van der Waals surface area contributed by atoms with Crippen LogP contribution >= 0.6 is 0 Å². The minimum Gasteiger partial charge on any atom is -0.327 e. The molecule has 0 bridgehead atoms. The van der Waals surface area contributed by atoms with Crippen molar-refractivity contribution in [3.05, 3.63) is 0 Å². The summed E-state index contributed by atoms with van der Waals surface area (Å²) in [5.74, 6) is 1.46. The lowest BCUT2D eigenvalue weighted by Gasteiger charge is -2.43. The number of fused-ring (bicyclic) bond motifs is 1. The number of hydrogen-bond donors (Lipinski definition) is 2. The summed E-state index contributed by atoms with van der Waals surface area (Å²) in [7, 11) is 0. The van der Waals surface area contributed by atoms with E-state index >= 15 is 0 Å². The van der Waals surface area contributed by atoms with Crippen molar-refractivity contribution < 1.29 is 0 Å². The normalized spacial score (nSPS) is 50.5. The quantitative estimate of drug-likeness (QED) is 0.645. The first-order valence-corrected chi connectivity index (χ1v) is 5.75. The topological polar surface area (TPSA) is 38.0 Å². The van der Waals surface area contributed by atoms with E-state index in [-0.39, 0.29) is 0 Å². The zero-order chi connectivity index (χ0) is 9.42. The second-order valence-corrected chi connectivity index (χ2v) is 4.81. The first kappa shape index (κ1) is 9.47. The van der Waals surface area contributed by atoms with Crippen molar-refractivity contribution in [2.75, 3.05) is 0 Å². The van der Waals surface area contributed by atoms with Gasteiger partial charge in [0.05, 0.1) is 0 Å². The monoisotopic (exact) mass is 182 g/mol. The van der Waals surface area contributed by atoms with Gasteiger partial charge >= 0.3 is 0 Å². The molecule has 5 atom stereocenters. The maximum atomic E-state index is 6.33. The molecular formula is C11H22N2. The third-order valence-electron chi connectivity index (χ3n) is 4.15. The molecule has 1 aliphatic heterocycles.